The number of rotatable bonds is 4. The average Bonchev–Trinajstić information content (AvgIpc) is 3.12. The first-order chi connectivity index (χ1) is 12.0. The van der Waals surface area contributed by atoms with Gasteiger partial charge in [-0.15, -0.1) is 5.10 Å². The molecule has 0 aliphatic carbocycles. The number of aromatic nitrogens is 4. The van der Waals surface area contributed by atoms with E-state index in [1.54, 1.807) is 18.5 Å². The van der Waals surface area contributed by atoms with Crippen LogP contribution < -0.4 is 10.9 Å². The third kappa shape index (κ3) is 3.44. The fourth-order valence-corrected chi connectivity index (χ4v) is 2.16. The maximum atomic E-state index is 13.6. The Hall–Kier alpha value is -3.36. The molecule has 7 nitrogen and oxygen atoms in total. The predicted molar refractivity (Wildman–Crippen MR) is 85.3 cm³/mol. The minimum Gasteiger partial charge on any atom is -0.322 e. The van der Waals surface area contributed by atoms with Gasteiger partial charge in [0.25, 0.3) is 5.56 Å². The SMILES string of the molecule is CC(C(=O)Nc1cc(F)ccc1F)n1nc(-n2cccn2)ccc1=O. The molecular weight excluding hydrogens is 332 g/mol. The summed E-state index contributed by atoms with van der Waals surface area (Å²) < 4.78 is 29.2. The molecule has 0 radical (unpaired) electrons. The van der Waals surface area contributed by atoms with Gasteiger partial charge < -0.3 is 5.32 Å². The molecule has 1 unspecified atom stereocenters. The van der Waals surface area contributed by atoms with E-state index in [1.165, 1.54) is 23.7 Å². The van der Waals surface area contributed by atoms with Crippen LogP contribution in [0.5, 0.6) is 0 Å². The summed E-state index contributed by atoms with van der Waals surface area (Å²) in [5.74, 6) is -1.86. The lowest BCUT2D eigenvalue weighted by atomic mass is 10.2. The summed E-state index contributed by atoms with van der Waals surface area (Å²) in [6.07, 6.45) is 3.17. The molecule has 128 valence electrons. The van der Waals surface area contributed by atoms with Crippen LogP contribution in [0.3, 0.4) is 0 Å². The summed E-state index contributed by atoms with van der Waals surface area (Å²) in [5.41, 5.74) is -0.827. The van der Waals surface area contributed by atoms with Crippen LogP contribution in [0, 0.1) is 11.6 Å². The van der Waals surface area contributed by atoms with Crippen LogP contribution in [0.1, 0.15) is 13.0 Å². The summed E-state index contributed by atoms with van der Waals surface area (Å²) >= 11 is 0. The van der Waals surface area contributed by atoms with Crippen LogP contribution in [-0.4, -0.2) is 25.5 Å². The molecule has 1 N–H and O–H groups in total. The molecule has 2 heterocycles. The Labute approximate surface area is 140 Å². The molecule has 1 aromatic carbocycles. The van der Waals surface area contributed by atoms with E-state index in [-0.39, 0.29) is 5.69 Å². The lowest BCUT2D eigenvalue weighted by Gasteiger charge is -2.15. The molecule has 0 aliphatic rings. The van der Waals surface area contributed by atoms with Crippen LogP contribution in [-0.2, 0) is 4.79 Å². The van der Waals surface area contributed by atoms with E-state index in [9.17, 15) is 18.4 Å². The van der Waals surface area contributed by atoms with Crippen molar-refractivity contribution in [3.05, 3.63) is 70.8 Å². The number of halogens is 2. The van der Waals surface area contributed by atoms with Crippen LogP contribution in [0.4, 0.5) is 14.5 Å². The van der Waals surface area contributed by atoms with Crippen molar-refractivity contribution in [3.8, 4) is 5.82 Å². The largest absolute Gasteiger partial charge is 0.322 e. The van der Waals surface area contributed by atoms with Gasteiger partial charge in [0.05, 0.1) is 5.69 Å². The molecular formula is C16H13F2N5O2. The highest BCUT2D eigenvalue weighted by atomic mass is 19.1. The zero-order chi connectivity index (χ0) is 18.0. The second kappa shape index (κ2) is 6.63. The van der Waals surface area contributed by atoms with E-state index in [4.69, 9.17) is 0 Å². The summed E-state index contributed by atoms with van der Waals surface area (Å²) in [5, 5.41) is 10.3. The van der Waals surface area contributed by atoms with E-state index in [1.807, 2.05) is 0 Å². The van der Waals surface area contributed by atoms with Gasteiger partial charge in [-0.2, -0.15) is 5.10 Å². The summed E-state index contributed by atoms with van der Waals surface area (Å²) in [4.78, 5) is 24.3. The third-order valence-electron chi connectivity index (χ3n) is 3.48. The average molecular weight is 345 g/mol. The first-order valence-corrected chi connectivity index (χ1v) is 7.31. The number of carbonyl (C=O) groups excluding carboxylic acids is 1. The highest BCUT2D eigenvalue weighted by Gasteiger charge is 2.19. The van der Waals surface area contributed by atoms with Gasteiger partial charge in [0.1, 0.15) is 17.7 Å². The highest BCUT2D eigenvalue weighted by Crippen LogP contribution is 2.17. The van der Waals surface area contributed by atoms with Crippen molar-refractivity contribution in [2.45, 2.75) is 13.0 Å². The number of nitrogens with zero attached hydrogens (tertiary/aromatic N) is 4. The maximum absolute atomic E-state index is 13.6. The molecule has 0 saturated carbocycles. The van der Waals surface area contributed by atoms with Gasteiger partial charge in [0, 0.05) is 24.5 Å². The maximum Gasteiger partial charge on any atom is 0.267 e. The number of carbonyl (C=O) groups is 1. The van der Waals surface area contributed by atoms with Crippen molar-refractivity contribution in [1.29, 1.82) is 0 Å². The van der Waals surface area contributed by atoms with Gasteiger partial charge in [-0.05, 0) is 31.2 Å². The fourth-order valence-electron chi connectivity index (χ4n) is 2.16. The number of anilines is 1. The van der Waals surface area contributed by atoms with Gasteiger partial charge in [0.15, 0.2) is 5.82 Å². The van der Waals surface area contributed by atoms with Gasteiger partial charge in [-0.3, -0.25) is 9.59 Å². The third-order valence-corrected chi connectivity index (χ3v) is 3.48. The van der Waals surface area contributed by atoms with Gasteiger partial charge in [0.2, 0.25) is 5.91 Å². The number of nitrogens with one attached hydrogen (secondary N) is 1. The molecule has 2 aromatic heterocycles. The topological polar surface area (TPSA) is 81.8 Å². The standard InChI is InChI=1S/C16H13F2N5O2/c1-10(16(25)20-13-9-11(17)3-4-12(13)18)23-15(24)6-5-14(21-23)22-8-2-7-19-22/h2-10H,1H3,(H,20,25). The van der Waals surface area contributed by atoms with Gasteiger partial charge in [-0.25, -0.2) is 18.1 Å². The Morgan fingerprint density at radius 1 is 1.24 bits per heavy atom. The van der Waals surface area contributed by atoms with E-state index in [0.29, 0.717) is 5.82 Å². The minimum atomic E-state index is -1.05. The second-order valence-corrected chi connectivity index (χ2v) is 5.21. The van der Waals surface area contributed by atoms with Crippen molar-refractivity contribution in [3.63, 3.8) is 0 Å². The molecule has 0 spiro atoms. The molecule has 0 bridgehead atoms. The van der Waals surface area contributed by atoms with Crippen LogP contribution in [0.25, 0.3) is 5.82 Å². The normalized spacial score (nSPS) is 12.0. The minimum absolute atomic E-state index is 0.312. The Kier molecular flexibility index (Phi) is 4.38. The van der Waals surface area contributed by atoms with Crippen LogP contribution >= 0.6 is 0 Å². The summed E-state index contributed by atoms with van der Waals surface area (Å²) in [7, 11) is 0. The first-order valence-electron chi connectivity index (χ1n) is 7.31. The first kappa shape index (κ1) is 16.5. The van der Waals surface area contributed by atoms with E-state index in [0.717, 1.165) is 22.9 Å². The van der Waals surface area contributed by atoms with Gasteiger partial charge >= 0.3 is 0 Å². The Bertz CT molecular complexity index is 969. The molecule has 3 aromatic rings. The fraction of sp³-hybridized carbons (Fsp3) is 0.125. The number of hydrogen-bond donors (Lipinski definition) is 1. The van der Waals surface area contributed by atoms with E-state index in [2.05, 4.69) is 15.5 Å². The molecule has 3 rings (SSSR count). The summed E-state index contributed by atoms with van der Waals surface area (Å²) in [6, 6.07) is 6.03. The molecule has 1 amide bonds. The zero-order valence-corrected chi connectivity index (χ0v) is 13.1. The second-order valence-electron chi connectivity index (χ2n) is 5.21. The molecule has 1 atom stereocenters. The molecule has 0 saturated heterocycles. The number of hydrogen-bond acceptors (Lipinski definition) is 4. The van der Waals surface area contributed by atoms with E-state index >= 15 is 0 Å². The lowest BCUT2D eigenvalue weighted by Crippen LogP contribution is -2.33. The van der Waals surface area contributed by atoms with Crippen molar-refractivity contribution in [2.75, 3.05) is 5.32 Å². The Morgan fingerprint density at radius 3 is 2.76 bits per heavy atom. The highest BCUT2D eigenvalue weighted by molar-refractivity contribution is 5.93. The van der Waals surface area contributed by atoms with Gasteiger partial charge in [-0.1, -0.05) is 0 Å². The molecule has 0 aliphatic heterocycles. The molecule has 0 fully saturated rings. The van der Waals surface area contributed by atoms with Crippen molar-refractivity contribution < 1.29 is 13.6 Å². The van der Waals surface area contributed by atoms with Crippen LogP contribution in [0.15, 0.2) is 53.6 Å². The Morgan fingerprint density at radius 2 is 2.04 bits per heavy atom. The van der Waals surface area contributed by atoms with Crippen molar-refractivity contribution >= 4 is 11.6 Å². The van der Waals surface area contributed by atoms with Crippen molar-refractivity contribution in [1.82, 2.24) is 19.6 Å². The smallest absolute Gasteiger partial charge is 0.267 e. The lowest BCUT2D eigenvalue weighted by molar-refractivity contribution is -0.119. The molecule has 25 heavy (non-hydrogen) atoms. The monoisotopic (exact) mass is 345 g/mol. The Balaban J connectivity index is 1.88. The van der Waals surface area contributed by atoms with E-state index < -0.39 is 29.1 Å². The number of benzene rings is 1. The quantitative estimate of drug-likeness (QED) is 0.783. The number of amides is 1. The summed E-state index contributed by atoms with van der Waals surface area (Å²) in [6.45, 7) is 1.42. The predicted octanol–water partition coefficient (Wildman–Crippen LogP) is 1.91. The van der Waals surface area contributed by atoms with Crippen LogP contribution in [0.2, 0.25) is 0 Å². The zero-order valence-electron chi connectivity index (χ0n) is 13.1. The van der Waals surface area contributed by atoms with Crippen molar-refractivity contribution in [2.24, 2.45) is 0 Å². The molecule has 9 heteroatoms.